The normalized spacial score (nSPS) is 9.94. The summed E-state index contributed by atoms with van der Waals surface area (Å²) in [6, 6.07) is 10.6. The lowest BCUT2D eigenvalue weighted by Gasteiger charge is -2.02. The van der Waals surface area contributed by atoms with E-state index in [0.717, 1.165) is 5.56 Å². The molecule has 2 rings (SSSR count). The van der Waals surface area contributed by atoms with E-state index >= 15 is 0 Å². The van der Waals surface area contributed by atoms with Gasteiger partial charge in [0.15, 0.2) is 5.16 Å². The molecule has 0 spiro atoms. The van der Waals surface area contributed by atoms with Crippen molar-refractivity contribution in [1.82, 2.24) is 9.97 Å². The highest BCUT2D eigenvalue weighted by Gasteiger charge is 2.01. The molecule has 5 nitrogen and oxygen atoms in total. The van der Waals surface area contributed by atoms with Gasteiger partial charge in [0, 0.05) is 11.8 Å². The number of hydrogen-bond donors (Lipinski definition) is 2. The van der Waals surface area contributed by atoms with Gasteiger partial charge < -0.3 is 10.7 Å². The van der Waals surface area contributed by atoms with E-state index in [1.165, 1.54) is 17.8 Å². The predicted molar refractivity (Wildman–Crippen MR) is 70.0 cm³/mol. The van der Waals surface area contributed by atoms with Crippen molar-refractivity contribution < 1.29 is 0 Å². The Kier molecular flexibility index (Phi) is 3.65. The second-order valence-corrected chi connectivity index (χ2v) is 4.54. The molecule has 0 radical (unpaired) electrons. The summed E-state index contributed by atoms with van der Waals surface area (Å²) in [5.41, 5.74) is 6.82. The summed E-state index contributed by atoms with van der Waals surface area (Å²) in [6.45, 7) is 0. The number of benzene rings is 1. The molecule has 0 amide bonds. The molecule has 90 valence electrons. The molecule has 0 aliphatic heterocycles. The van der Waals surface area contributed by atoms with Crippen LogP contribution in [-0.2, 0) is 5.75 Å². The van der Waals surface area contributed by atoms with Gasteiger partial charge in [-0.1, -0.05) is 23.9 Å². The highest BCUT2D eigenvalue weighted by atomic mass is 32.2. The van der Waals surface area contributed by atoms with E-state index < -0.39 is 0 Å². The van der Waals surface area contributed by atoms with E-state index in [2.05, 4.69) is 16.0 Å². The Bertz CT molecular complexity index is 660. The molecule has 0 saturated carbocycles. The standard InChI is InChI=1S/C12H10N4OS/c13-6-8-2-1-3-9(4-8)7-18-12-15-10(14)5-11(17)16-12/h1-5H,7H2,(H3,14,15,16,17). The van der Waals surface area contributed by atoms with Crippen LogP contribution in [0, 0.1) is 11.3 Å². The maximum Gasteiger partial charge on any atom is 0.253 e. The van der Waals surface area contributed by atoms with Crippen molar-refractivity contribution in [1.29, 1.82) is 5.26 Å². The van der Waals surface area contributed by atoms with E-state index in [0.29, 0.717) is 16.5 Å². The van der Waals surface area contributed by atoms with Crippen molar-refractivity contribution in [3.8, 4) is 6.07 Å². The summed E-state index contributed by atoms with van der Waals surface area (Å²) in [5, 5.41) is 9.26. The average molecular weight is 258 g/mol. The summed E-state index contributed by atoms with van der Waals surface area (Å²) >= 11 is 1.36. The topological polar surface area (TPSA) is 95.6 Å². The first kappa shape index (κ1) is 12.2. The van der Waals surface area contributed by atoms with Crippen molar-refractivity contribution in [3.63, 3.8) is 0 Å². The van der Waals surface area contributed by atoms with Crippen molar-refractivity contribution >= 4 is 17.6 Å². The number of hydrogen-bond acceptors (Lipinski definition) is 5. The second kappa shape index (κ2) is 5.38. The highest BCUT2D eigenvalue weighted by molar-refractivity contribution is 7.98. The van der Waals surface area contributed by atoms with Gasteiger partial charge in [0.25, 0.3) is 5.56 Å². The van der Waals surface area contributed by atoms with Crippen LogP contribution in [0.5, 0.6) is 0 Å². The number of nitrogen functional groups attached to an aromatic ring is 1. The van der Waals surface area contributed by atoms with Gasteiger partial charge >= 0.3 is 0 Å². The Morgan fingerprint density at radius 1 is 1.44 bits per heavy atom. The maximum atomic E-state index is 11.2. The van der Waals surface area contributed by atoms with Crippen molar-refractivity contribution in [2.45, 2.75) is 10.9 Å². The molecule has 0 atom stereocenters. The Morgan fingerprint density at radius 3 is 3.00 bits per heavy atom. The van der Waals surface area contributed by atoms with Gasteiger partial charge in [-0.05, 0) is 17.7 Å². The first-order valence-corrected chi connectivity index (χ1v) is 6.14. The molecule has 3 N–H and O–H groups in total. The molecule has 0 aliphatic rings. The lowest BCUT2D eigenvalue weighted by atomic mass is 10.2. The van der Waals surface area contributed by atoms with Crippen LogP contribution >= 0.6 is 11.8 Å². The van der Waals surface area contributed by atoms with Crippen LogP contribution in [0.2, 0.25) is 0 Å². The lowest BCUT2D eigenvalue weighted by Crippen LogP contribution is -2.09. The van der Waals surface area contributed by atoms with Crippen molar-refractivity contribution in [2.24, 2.45) is 0 Å². The number of nitrogens with two attached hydrogens (primary N) is 1. The predicted octanol–water partition coefficient (Wildman–Crippen LogP) is 1.52. The lowest BCUT2D eigenvalue weighted by molar-refractivity contribution is 0.945. The molecule has 1 aromatic carbocycles. The number of nitrogens with one attached hydrogen (secondary N) is 1. The minimum Gasteiger partial charge on any atom is -0.383 e. The number of nitriles is 1. The summed E-state index contributed by atoms with van der Waals surface area (Å²) in [5.74, 6) is 0.814. The number of anilines is 1. The fraction of sp³-hybridized carbons (Fsp3) is 0.0833. The molecule has 0 fully saturated rings. The quantitative estimate of drug-likeness (QED) is 0.642. The molecule has 1 aromatic heterocycles. The van der Waals surface area contributed by atoms with E-state index in [9.17, 15) is 4.79 Å². The molecule has 0 aliphatic carbocycles. The number of aromatic amines is 1. The van der Waals surface area contributed by atoms with Crippen LogP contribution in [0.1, 0.15) is 11.1 Å². The summed E-state index contributed by atoms with van der Waals surface area (Å²) in [6.07, 6.45) is 0. The minimum atomic E-state index is -0.268. The fourth-order valence-corrected chi connectivity index (χ4v) is 2.23. The van der Waals surface area contributed by atoms with Gasteiger partial charge in [-0.3, -0.25) is 4.79 Å². The third-order valence-corrected chi connectivity index (χ3v) is 3.12. The average Bonchev–Trinajstić information content (AvgIpc) is 2.35. The molecule has 0 unspecified atom stereocenters. The zero-order valence-corrected chi connectivity index (χ0v) is 10.2. The molecule has 0 bridgehead atoms. The maximum absolute atomic E-state index is 11.2. The Morgan fingerprint density at radius 2 is 2.28 bits per heavy atom. The first-order valence-electron chi connectivity index (χ1n) is 5.16. The van der Waals surface area contributed by atoms with Gasteiger partial charge in [-0.2, -0.15) is 5.26 Å². The Hall–Kier alpha value is -2.26. The molecular formula is C12H10N4OS. The monoisotopic (exact) mass is 258 g/mol. The van der Waals surface area contributed by atoms with E-state index in [1.807, 2.05) is 12.1 Å². The van der Waals surface area contributed by atoms with E-state index in [-0.39, 0.29) is 11.4 Å². The van der Waals surface area contributed by atoms with E-state index in [1.54, 1.807) is 12.1 Å². The van der Waals surface area contributed by atoms with Gasteiger partial charge in [-0.15, -0.1) is 0 Å². The third kappa shape index (κ3) is 3.12. The second-order valence-electron chi connectivity index (χ2n) is 3.58. The van der Waals surface area contributed by atoms with Crippen LogP contribution in [0.25, 0.3) is 0 Å². The zero-order chi connectivity index (χ0) is 13.0. The van der Waals surface area contributed by atoms with Crippen LogP contribution in [0.3, 0.4) is 0 Å². The van der Waals surface area contributed by atoms with Crippen molar-refractivity contribution in [2.75, 3.05) is 5.73 Å². The fourth-order valence-electron chi connectivity index (χ4n) is 1.40. The molecule has 0 saturated heterocycles. The minimum absolute atomic E-state index is 0.201. The molecular weight excluding hydrogens is 248 g/mol. The zero-order valence-electron chi connectivity index (χ0n) is 9.38. The smallest absolute Gasteiger partial charge is 0.253 e. The molecule has 18 heavy (non-hydrogen) atoms. The molecule has 2 aromatic rings. The SMILES string of the molecule is N#Cc1cccc(CSc2nc(N)cc(=O)[nH]2)c1. The summed E-state index contributed by atoms with van der Waals surface area (Å²) in [7, 11) is 0. The van der Waals surface area contributed by atoms with Gasteiger partial charge in [0.05, 0.1) is 11.6 Å². The summed E-state index contributed by atoms with van der Waals surface area (Å²) < 4.78 is 0. The molecule has 1 heterocycles. The summed E-state index contributed by atoms with van der Waals surface area (Å²) in [4.78, 5) is 17.8. The number of aromatic nitrogens is 2. The van der Waals surface area contributed by atoms with Crippen LogP contribution < -0.4 is 11.3 Å². The third-order valence-electron chi connectivity index (χ3n) is 2.17. The van der Waals surface area contributed by atoms with Crippen molar-refractivity contribution in [3.05, 3.63) is 51.8 Å². The first-order chi connectivity index (χ1) is 8.67. The van der Waals surface area contributed by atoms with Crippen LogP contribution in [-0.4, -0.2) is 9.97 Å². The van der Waals surface area contributed by atoms with Gasteiger partial charge in [-0.25, -0.2) is 4.98 Å². The number of thioether (sulfide) groups is 1. The van der Waals surface area contributed by atoms with Crippen LogP contribution in [0.15, 0.2) is 40.3 Å². The molecule has 6 heteroatoms. The largest absolute Gasteiger partial charge is 0.383 e. The Labute approximate surface area is 108 Å². The number of rotatable bonds is 3. The highest BCUT2D eigenvalue weighted by Crippen LogP contribution is 2.19. The number of nitrogens with zero attached hydrogens (tertiary/aromatic N) is 2. The Balaban J connectivity index is 2.11. The number of H-pyrrole nitrogens is 1. The van der Waals surface area contributed by atoms with Crippen LogP contribution in [0.4, 0.5) is 5.82 Å². The van der Waals surface area contributed by atoms with E-state index in [4.69, 9.17) is 11.0 Å². The van der Waals surface area contributed by atoms with Gasteiger partial charge in [0.1, 0.15) is 5.82 Å². The van der Waals surface area contributed by atoms with Gasteiger partial charge in [0.2, 0.25) is 0 Å².